The highest BCUT2D eigenvalue weighted by molar-refractivity contribution is 7.86. The van der Waals surface area contributed by atoms with E-state index < -0.39 is 10.1 Å². The van der Waals surface area contributed by atoms with Crippen molar-refractivity contribution < 1.29 is 17.4 Å². The Kier molecular flexibility index (Phi) is 4.59. The molecular weight excluding hydrogens is 293 g/mol. The van der Waals surface area contributed by atoms with E-state index in [9.17, 15) is 17.4 Å². The maximum absolute atomic E-state index is 12.8. The normalized spacial score (nSPS) is 11.4. The van der Waals surface area contributed by atoms with Crippen LogP contribution in [0.5, 0.6) is 0 Å². The second-order valence-corrected chi connectivity index (χ2v) is 6.17. The minimum absolute atomic E-state index is 0.146. The number of anilines is 1. The van der Waals surface area contributed by atoms with Crippen LogP contribution in [-0.4, -0.2) is 19.5 Å². The number of benzene rings is 2. The molecule has 0 saturated heterocycles. The van der Waals surface area contributed by atoms with E-state index in [0.717, 1.165) is 11.1 Å². The van der Waals surface area contributed by atoms with Gasteiger partial charge in [0.25, 0.3) is 10.1 Å². The Morgan fingerprint density at radius 3 is 2.43 bits per heavy atom. The number of hydrogen-bond donors (Lipinski definition) is 2. The smallest absolute Gasteiger partial charge is 0.296 e. The van der Waals surface area contributed by atoms with Gasteiger partial charge < -0.3 is 5.32 Å². The largest absolute Gasteiger partial charge is 0.384 e. The van der Waals surface area contributed by atoms with E-state index in [4.69, 9.17) is 0 Å². The number of nitrogens with one attached hydrogen (secondary N) is 1. The van der Waals surface area contributed by atoms with Crippen molar-refractivity contribution in [2.45, 2.75) is 18.2 Å². The van der Waals surface area contributed by atoms with Crippen molar-refractivity contribution in [1.29, 1.82) is 0 Å². The van der Waals surface area contributed by atoms with Gasteiger partial charge in [0.15, 0.2) is 0 Å². The summed E-state index contributed by atoms with van der Waals surface area (Å²) in [5.74, 6) is -0.293. The first-order valence-corrected chi connectivity index (χ1v) is 7.87. The van der Waals surface area contributed by atoms with Gasteiger partial charge in [-0.05, 0) is 48.7 Å². The Labute approximate surface area is 123 Å². The molecule has 0 aliphatic heterocycles. The van der Waals surface area contributed by atoms with Gasteiger partial charge in [0.1, 0.15) is 10.7 Å². The topological polar surface area (TPSA) is 66.4 Å². The number of aryl methyl sites for hydroxylation is 1. The molecule has 6 heteroatoms. The molecule has 2 rings (SSSR count). The highest BCUT2D eigenvalue weighted by atomic mass is 32.2. The van der Waals surface area contributed by atoms with Crippen LogP contribution in [0.25, 0.3) is 0 Å². The summed E-state index contributed by atoms with van der Waals surface area (Å²) in [7, 11) is -4.26. The summed E-state index contributed by atoms with van der Waals surface area (Å²) in [6.45, 7) is 2.30. The monoisotopic (exact) mass is 309 g/mol. The third-order valence-corrected chi connectivity index (χ3v) is 3.97. The van der Waals surface area contributed by atoms with Gasteiger partial charge in [-0.1, -0.05) is 18.2 Å². The lowest BCUT2D eigenvalue weighted by Crippen LogP contribution is -2.10. The van der Waals surface area contributed by atoms with E-state index in [-0.39, 0.29) is 10.7 Å². The fourth-order valence-electron chi connectivity index (χ4n) is 2.00. The van der Waals surface area contributed by atoms with Crippen molar-refractivity contribution >= 4 is 15.8 Å². The Hall–Kier alpha value is -1.92. The molecule has 0 spiro atoms. The number of rotatable bonds is 5. The van der Waals surface area contributed by atoms with Gasteiger partial charge >= 0.3 is 0 Å². The first-order chi connectivity index (χ1) is 9.86. The van der Waals surface area contributed by atoms with Crippen molar-refractivity contribution in [1.82, 2.24) is 0 Å². The summed E-state index contributed by atoms with van der Waals surface area (Å²) in [6.07, 6.45) is 0.610. The van der Waals surface area contributed by atoms with Crippen LogP contribution < -0.4 is 5.32 Å². The van der Waals surface area contributed by atoms with Crippen molar-refractivity contribution in [3.8, 4) is 0 Å². The van der Waals surface area contributed by atoms with Gasteiger partial charge in [-0.15, -0.1) is 0 Å². The van der Waals surface area contributed by atoms with Gasteiger partial charge in [-0.2, -0.15) is 8.42 Å². The summed E-state index contributed by atoms with van der Waals surface area (Å²) in [4.78, 5) is -0.146. The van der Waals surface area contributed by atoms with Crippen LogP contribution in [0, 0.1) is 12.7 Å². The number of hydrogen-bond acceptors (Lipinski definition) is 3. The maximum atomic E-state index is 12.8. The molecule has 0 heterocycles. The molecule has 112 valence electrons. The van der Waals surface area contributed by atoms with Crippen LogP contribution in [0.3, 0.4) is 0 Å². The lowest BCUT2D eigenvalue weighted by molar-refractivity contribution is 0.483. The van der Waals surface area contributed by atoms with E-state index in [0.29, 0.717) is 18.7 Å². The van der Waals surface area contributed by atoms with E-state index >= 15 is 0 Å². The molecule has 0 amide bonds. The lowest BCUT2D eigenvalue weighted by atomic mass is 10.1. The fourth-order valence-corrected chi connectivity index (χ4v) is 2.65. The minimum Gasteiger partial charge on any atom is -0.384 e. The zero-order valence-electron chi connectivity index (χ0n) is 11.5. The van der Waals surface area contributed by atoms with E-state index in [2.05, 4.69) is 5.32 Å². The van der Waals surface area contributed by atoms with E-state index in [1.807, 2.05) is 6.92 Å². The summed E-state index contributed by atoms with van der Waals surface area (Å²) in [5.41, 5.74) is 2.18. The highest BCUT2D eigenvalue weighted by Crippen LogP contribution is 2.22. The van der Waals surface area contributed by atoms with Crippen LogP contribution in [-0.2, 0) is 16.5 Å². The molecule has 2 aromatic rings. The second-order valence-electron chi connectivity index (χ2n) is 4.78. The Bertz CT molecular complexity index is 727. The molecule has 0 saturated carbocycles. The van der Waals surface area contributed by atoms with E-state index in [1.165, 1.54) is 18.2 Å². The van der Waals surface area contributed by atoms with Gasteiger partial charge in [0, 0.05) is 6.54 Å². The summed E-state index contributed by atoms with van der Waals surface area (Å²) in [5, 5.41) is 2.99. The van der Waals surface area contributed by atoms with Gasteiger partial charge in [0.2, 0.25) is 0 Å². The molecule has 2 aromatic carbocycles. The SMILES string of the molecule is Cc1ccc(S(=O)(=O)O)c(NCCc2ccc(F)cc2)c1. The molecule has 2 N–H and O–H groups in total. The average Bonchev–Trinajstić information content (AvgIpc) is 2.40. The molecule has 0 unspecified atom stereocenters. The van der Waals surface area contributed by atoms with Crippen LogP contribution in [0.1, 0.15) is 11.1 Å². The summed E-state index contributed by atoms with van der Waals surface area (Å²) >= 11 is 0. The minimum atomic E-state index is -4.26. The molecular formula is C15H16FNO3S. The quantitative estimate of drug-likeness (QED) is 0.833. The first-order valence-electron chi connectivity index (χ1n) is 6.43. The average molecular weight is 309 g/mol. The van der Waals surface area contributed by atoms with Crippen molar-refractivity contribution in [3.63, 3.8) is 0 Å². The molecule has 0 fully saturated rings. The van der Waals surface area contributed by atoms with Gasteiger partial charge in [-0.25, -0.2) is 4.39 Å². The van der Waals surface area contributed by atoms with Crippen LogP contribution >= 0.6 is 0 Å². The third kappa shape index (κ3) is 4.27. The standard InChI is InChI=1S/C15H16FNO3S/c1-11-2-7-15(21(18,19)20)14(10-11)17-9-8-12-3-5-13(16)6-4-12/h2-7,10,17H,8-9H2,1H3,(H,18,19,20). The van der Waals surface area contributed by atoms with Crippen LogP contribution in [0.2, 0.25) is 0 Å². The zero-order chi connectivity index (χ0) is 15.5. The third-order valence-electron chi connectivity index (χ3n) is 3.06. The highest BCUT2D eigenvalue weighted by Gasteiger charge is 2.15. The molecule has 0 aromatic heterocycles. The molecule has 4 nitrogen and oxygen atoms in total. The maximum Gasteiger partial charge on any atom is 0.296 e. The summed E-state index contributed by atoms with van der Waals surface area (Å²) < 4.78 is 44.6. The Balaban J connectivity index is 2.09. The first kappa shape index (κ1) is 15.5. The Morgan fingerprint density at radius 2 is 1.81 bits per heavy atom. The predicted molar refractivity (Wildman–Crippen MR) is 79.6 cm³/mol. The van der Waals surface area contributed by atoms with Crippen LogP contribution in [0.15, 0.2) is 47.4 Å². The molecule has 0 radical (unpaired) electrons. The lowest BCUT2D eigenvalue weighted by Gasteiger charge is -2.11. The molecule has 0 aliphatic carbocycles. The summed E-state index contributed by atoms with van der Waals surface area (Å²) in [6, 6.07) is 10.8. The Morgan fingerprint density at radius 1 is 1.14 bits per heavy atom. The van der Waals surface area contributed by atoms with Gasteiger partial charge in [0.05, 0.1) is 5.69 Å². The zero-order valence-corrected chi connectivity index (χ0v) is 12.3. The van der Waals surface area contributed by atoms with Gasteiger partial charge in [-0.3, -0.25) is 4.55 Å². The second kappa shape index (κ2) is 6.24. The fraction of sp³-hybridized carbons (Fsp3) is 0.200. The van der Waals surface area contributed by atoms with Crippen molar-refractivity contribution in [2.24, 2.45) is 0 Å². The predicted octanol–water partition coefficient (Wildman–Crippen LogP) is 3.04. The van der Waals surface area contributed by atoms with E-state index in [1.54, 1.807) is 24.3 Å². The molecule has 0 bridgehead atoms. The van der Waals surface area contributed by atoms with Crippen LogP contribution in [0.4, 0.5) is 10.1 Å². The number of halogens is 1. The molecule has 21 heavy (non-hydrogen) atoms. The van der Waals surface area contributed by atoms with Crippen molar-refractivity contribution in [3.05, 3.63) is 59.4 Å². The molecule has 0 aliphatic rings. The molecule has 0 atom stereocenters. The van der Waals surface area contributed by atoms with Crippen molar-refractivity contribution in [2.75, 3.05) is 11.9 Å².